The minimum Gasteiger partial charge on any atom is -0.465 e. The summed E-state index contributed by atoms with van der Waals surface area (Å²) in [5.74, 6) is 0.383. The van der Waals surface area contributed by atoms with Gasteiger partial charge >= 0.3 is 6.09 Å². The lowest BCUT2D eigenvalue weighted by molar-refractivity contribution is 0.155. The molecule has 0 aliphatic carbocycles. The first-order valence-electron chi connectivity index (χ1n) is 6.55. The van der Waals surface area contributed by atoms with Gasteiger partial charge < -0.3 is 15.3 Å². The van der Waals surface area contributed by atoms with Crippen LogP contribution >= 0.6 is 0 Å². The van der Waals surface area contributed by atoms with Crippen molar-refractivity contribution in [2.75, 3.05) is 19.6 Å². The fourth-order valence-corrected chi connectivity index (χ4v) is 3.13. The van der Waals surface area contributed by atoms with E-state index in [1.54, 1.807) is 0 Å². The standard InChI is InChI=1S/C14H18N2O2/c17-14(18)16-7-5-11(9-16)12-3-1-2-10-8-15-6-4-13(10)12/h1-3,11,15H,4-9H2,(H,17,18). The Labute approximate surface area is 107 Å². The third-order valence-electron chi connectivity index (χ3n) is 4.08. The van der Waals surface area contributed by atoms with Crippen LogP contribution in [0.4, 0.5) is 4.79 Å². The number of carbonyl (C=O) groups is 1. The quantitative estimate of drug-likeness (QED) is 0.794. The van der Waals surface area contributed by atoms with E-state index in [1.807, 2.05) is 0 Å². The zero-order chi connectivity index (χ0) is 12.5. The smallest absolute Gasteiger partial charge is 0.407 e. The number of benzene rings is 1. The van der Waals surface area contributed by atoms with Crippen LogP contribution in [0.3, 0.4) is 0 Å². The summed E-state index contributed by atoms with van der Waals surface area (Å²) >= 11 is 0. The lowest BCUT2D eigenvalue weighted by Crippen LogP contribution is -2.27. The zero-order valence-electron chi connectivity index (χ0n) is 10.4. The predicted molar refractivity (Wildman–Crippen MR) is 68.8 cm³/mol. The maximum Gasteiger partial charge on any atom is 0.407 e. The number of nitrogens with one attached hydrogen (secondary N) is 1. The Morgan fingerprint density at radius 3 is 3.11 bits per heavy atom. The summed E-state index contributed by atoms with van der Waals surface area (Å²) in [4.78, 5) is 12.5. The Balaban J connectivity index is 1.87. The second-order valence-corrected chi connectivity index (χ2v) is 5.13. The first kappa shape index (κ1) is 11.5. The van der Waals surface area contributed by atoms with Crippen LogP contribution in [-0.2, 0) is 13.0 Å². The number of carboxylic acid groups (broad SMARTS) is 1. The van der Waals surface area contributed by atoms with E-state index in [0.29, 0.717) is 19.0 Å². The van der Waals surface area contributed by atoms with Crippen molar-refractivity contribution in [1.29, 1.82) is 0 Å². The van der Waals surface area contributed by atoms with E-state index in [-0.39, 0.29) is 0 Å². The molecule has 2 heterocycles. The summed E-state index contributed by atoms with van der Waals surface area (Å²) in [6.45, 7) is 3.29. The predicted octanol–water partition coefficient (Wildman–Crippen LogP) is 1.80. The number of fused-ring (bicyclic) bond motifs is 1. The van der Waals surface area contributed by atoms with Crippen molar-refractivity contribution in [2.24, 2.45) is 0 Å². The van der Waals surface area contributed by atoms with Gasteiger partial charge in [0.1, 0.15) is 0 Å². The molecule has 1 saturated heterocycles. The van der Waals surface area contributed by atoms with Crippen LogP contribution in [0.1, 0.15) is 29.0 Å². The van der Waals surface area contributed by atoms with Gasteiger partial charge in [0.05, 0.1) is 0 Å². The normalized spacial score (nSPS) is 22.9. The Morgan fingerprint density at radius 2 is 2.33 bits per heavy atom. The van der Waals surface area contributed by atoms with Crippen molar-refractivity contribution in [3.8, 4) is 0 Å². The molecule has 0 radical (unpaired) electrons. The molecule has 1 aromatic rings. The highest BCUT2D eigenvalue weighted by atomic mass is 16.4. The summed E-state index contributed by atoms with van der Waals surface area (Å²) in [5.41, 5.74) is 4.21. The highest BCUT2D eigenvalue weighted by molar-refractivity contribution is 5.65. The van der Waals surface area contributed by atoms with Crippen molar-refractivity contribution in [1.82, 2.24) is 10.2 Å². The van der Waals surface area contributed by atoms with Gasteiger partial charge in [0, 0.05) is 25.6 Å². The SMILES string of the molecule is O=C(O)N1CCC(c2cccc3c2CCNC3)C1. The number of likely N-dealkylation sites (tertiary alicyclic amines) is 1. The molecule has 2 aliphatic rings. The highest BCUT2D eigenvalue weighted by Gasteiger charge is 2.29. The van der Waals surface area contributed by atoms with Crippen LogP contribution in [0.15, 0.2) is 18.2 Å². The Kier molecular flexibility index (Phi) is 2.96. The van der Waals surface area contributed by atoms with E-state index < -0.39 is 6.09 Å². The lowest BCUT2D eigenvalue weighted by Gasteiger charge is -2.23. The van der Waals surface area contributed by atoms with Gasteiger partial charge in [0.2, 0.25) is 0 Å². The maximum absolute atomic E-state index is 11.0. The van der Waals surface area contributed by atoms with E-state index >= 15 is 0 Å². The van der Waals surface area contributed by atoms with Crippen molar-refractivity contribution in [3.63, 3.8) is 0 Å². The van der Waals surface area contributed by atoms with Gasteiger partial charge in [-0.15, -0.1) is 0 Å². The molecule has 4 nitrogen and oxygen atoms in total. The van der Waals surface area contributed by atoms with E-state index in [0.717, 1.165) is 25.9 Å². The fraction of sp³-hybridized carbons (Fsp3) is 0.500. The van der Waals surface area contributed by atoms with Crippen LogP contribution in [-0.4, -0.2) is 35.7 Å². The van der Waals surface area contributed by atoms with Gasteiger partial charge in [-0.2, -0.15) is 0 Å². The monoisotopic (exact) mass is 246 g/mol. The molecule has 0 spiro atoms. The number of nitrogens with zero attached hydrogens (tertiary/aromatic N) is 1. The number of rotatable bonds is 1. The molecule has 0 aromatic heterocycles. The second-order valence-electron chi connectivity index (χ2n) is 5.13. The largest absolute Gasteiger partial charge is 0.465 e. The van der Waals surface area contributed by atoms with Crippen LogP contribution in [0.2, 0.25) is 0 Å². The fourth-order valence-electron chi connectivity index (χ4n) is 3.13. The second kappa shape index (κ2) is 4.61. The molecule has 0 bridgehead atoms. The third kappa shape index (κ3) is 1.97. The highest BCUT2D eigenvalue weighted by Crippen LogP contribution is 2.32. The molecule has 1 amide bonds. The number of amides is 1. The van der Waals surface area contributed by atoms with E-state index in [4.69, 9.17) is 5.11 Å². The van der Waals surface area contributed by atoms with E-state index in [1.165, 1.54) is 21.6 Å². The summed E-state index contributed by atoms with van der Waals surface area (Å²) in [5, 5.41) is 12.4. The molecule has 1 unspecified atom stereocenters. The molecule has 1 aromatic carbocycles. The average Bonchev–Trinajstić information content (AvgIpc) is 2.87. The molecule has 18 heavy (non-hydrogen) atoms. The summed E-state index contributed by atoms with van der Waals surface area (Å²) < 4.78 is 0. The van der Waals surface area contributed by atoms with Gasteiger partial charge in [-0.05, 0) is 36.1 Å². The molecule has 96 valence electrons. The molecule has 2 N–H and O–H groups in total. The molecule has 2 aliphatic heterocycles. The van der Waals surface area contributed by atoms with Crippen LogP contribution < -0.4 is 5.32 Å². The van der Waals surface area contributed by atoms with Crippen LogP contribution in [0.25, 0.3) is 0 Å². The minimum atomic E-state index is -0.788. The molecule has 1 atom stereocenters. The molecule has 3 rings (SSSR count). The Hall–Kier alpha value is -1.55. The lowest BCUT2D eigenvalue weighted by atomic mass is 9.87. The number of hydrogen-bond acceptors (Lipinski definition) is 2. The van der Waals surface area contributed by atoms with Gasteiger partial charge in [-0.1, -0.05) is 18.2 Å². The molecule has 1 fully saturated rings. The average molecular weight is 246 g/mol. The van der Waals surface area contributed by atoms with Crippen LogP contribution in [0.5, 0.6) is 0 Å². The Bertz CT molecular complexity index is 473. The summed E-state index contributed by atoms with van der Waals surface area (Å²) in [7, 11) is 0. The first-order chi connectivity index (χ1) is 8.75. The Morgan fingerprint density at radius 1 is 1.44 bits per heavy atom. The first-order valence-corrected chi connectivity index (χ1v) is 6.55. The molecule has 0 saturated carbocycles. The minimum absolute atomic E-state index is 0.383. The maximum atomic E-state index is 11.0. The summed E-state index contributed by atoms with van der Waals surface area (Å²) in [6.07, 6.45) is 1.23. The van der Waals surface area contributed by atoms with Gasteiger partial charge in [-0.3, -0.25) is 0 Å². The van der Waals surface area contributed by atoms with Crippen molar-refractivity contribution in [3.05, 3.63) is 34.9 Å². The summed E-state index contributed by atoms with van der Waals surface area (Å²) in [6, 6.07) is 6.46. The number of hydrogen-bond donors (Lipinski definition) is 2. The van der Waals surface area contributed by atoms with Crippen molar-refractivity contribution < 1.29 is 9.90 Å². The van der Waals surface area contributed by atoms with Gasteiger partial charge in [-0.25, -0.2) is 4.79 Å². The topological polar surface area (TPSA) is 52.6 Å². The van der Waals surface area contributed by atoms with Gasteiger partial charge in [0.15, 0.2) is 0 Å². The van der Waals surface area contributed by atoms with E-state index in [9.17, 15) is 4.79 Å². The third-order valence-corrected chi connectivity index (χ3v) is 4.08. The molecular formula is C14H18N2O2. The molecule has 4 heteroatoms. The zero-order valence-corrected chi connectivity index (χ0v) is 10.4. The van der Waals surface area contributed by atoms with E-state index in [2.05, 4.69) is 23.5 Å². The molecular weight excluding hydrogens is 228 g/mol. The van der Waals surface area contributed by atoms with Gasteiger partial charge in [0.25, 0.3) is 0 Å². The van der Waals surface area contributed by atoms with Crippen molar-refractivity contribution >= 4 is 6.09 Å². The van der Waals surface area contributed by atoms with Crippen LogP contribution in [0, 0.1) is 0 Å². The van der Waals surface area contributed by atoms with Crippen molar-refractivity contribution in [2.45, 2.75) is 25.3 Å².